The van der Waals surface area contributed by atoms with Crippen molar-refractivity contribution in [2.75, 3.05) is 45.9 Å². The Labute approximate surface area is 172 Å². The van der Waals surface area contributed by atoms with Gasteiger partial charge in [0.2, 0.25) is 5.89 Å². The van der Waals surface area contributed by atoms with Gasteiger partial charge in [-0.2, -0.15) is 0 Å². The standard InChI is InChI=1S/C20H24N6O2S/c1-14-18(26-15-4-2-3-5-16(15)29-20(26)21-14)19-23-22-17(28-19)6-7-24-8-10-25(11-9-24)12-13-27/h2-5,27H,6-13H2,1H3. The van der Waals surface area contributed by atoms with Gasteiger partial charge in [-0.1, -0.05) is 23.5 Å². The van der Waals surface area contributed by atoms with Crippen LogP contribution in [0.15, 0.2) is 28.7 Å². The molecule has 1 fully saturated rings. The van der Waals surface area contributed by atoms with Crippen LogP contribution >= 0.6 is 11.3 Å². The van der Waals surface area contributed by atoms with Gasteiger partial charge in [0.15, 0.2) is 4.96 Å². The highest BCUT2D eigenvalue weighted by Gasteiger charge is 2.21. The Morgan fingerprint density at radius 2 is 1.83 bits per heavy atom. The van der Waals surface area contributed by atoms with Crippen LogP contribution in [0.25, 0.3) is 26.8 Å². The fraction of sp³-hybridized carbons (Fsp3) is 0.450. The van der Waals surface area contributed by atoms with Crippen molar-refractivity contribution in [2.45, 2.75) is 13.3 Å². The lowest BCUT2D eigenvalue weighted by Gasteiger charge is -2.34. The monoisotopic (exact) mass is 412 g/mol. The van der Waals surface area contributed by atoms with Crippen LogP contribution in [0.4, 0.5) is 0 Å². The smallest absolute Gasteiger partial charge is 0.266 e. The molecule has 4 aromatic rings. The number of β-amino-alcohol motifs (C(OH)–C–C–N with tert-alkyl or cyclic N) is 1. The van der Waals surface area contributed by atoms with Gasteiger partial charge in [-0.25, -0.2) is 4.98 Å². The molecule has 0 saturated carbocycles. The predicted molar refractivity (Wildman–Crippen MR) is 112 cm³/mol. The lowest BCUT2D eigenvalue weighted by molar-refractivity contribution is 0.112. The van der Waals surface area contributed by atoms with Crippen LogP contribution in [0, 0.1) is 6.92 Å². The normalized spacial score (nSPS) is 16.3. The van der Waals surface area contributed by atoms with E-state index in [-0.39, 0.29) is 6.61 Å². The van der Waals surface area contributed by atoms with E-state index >= 15 is 0 Å². The Morgan fingerprint density at radius 3 is 2.62 bits per heavy atom. The second-order valence-corrected chi connectivity index (χ2v) is 8.40. The minimum Gasteiger partial charge on any atom is -0.419 e. The van der Waals surface area contributed by atoms with Crippen LogP contribution in [0.2, 0.25) is 0 Å². The number of aryl methyl sites for hydroxylation is 1. The lowest BCUT2D eigenvalue weighted by Crippen LogP contribution is -2.47. The van der Waals surface area contributed by atoms with Gasteiger partial charge in [0, 0.05) is 45.7 Å². The predicted octanol–water partition coefficient (Wildman–Crippen LogP) is 2.06. The van der Waals surface area contributed by atoms with Crippen LogP contribution in [0.3, 0.4) is 0 Å². The first-order valence-corrected chi connectivity index (χ1v) is 10.8. The van der Waals surface area contributed by atoms with Crippen LogP contribution in [0.5, 0.6) is 0 Å². The third kappa shape index (κ3) is 3.55. The van der Waals surface area contributed by atoms with Crippen LogP contribution < -0.4 is 0 Å². The lowest BCUT2D eigenvalue weighted by atomic mass is 10.3. The van der Waals surface area contributed by atoms with Crippen molar-refractivity contribution in [2.24, 2.45) is 0 Å². The van der Waals surface area contributed by atoms with E-state index in [0.29, 0.717) is 11.8 Å². The van der Waals surface area contributed by atoms with Crippen molar-refractivity contribution >= 4 is 26.5 Å². The largest absolute Gasteiger partial charge is 0.419 e. The summed E-state index contributed by atoms with van der Waals surface area (Å²) in [6, 6.07) is 8.27. The van der Waals surface area contributed by atoms with E-state index in [1.165, 1.54) is 4.70 Å². The fourth-order valence-electron chi connectivity index (χ4n) is 3.95. The molecule has 8 nitrogen and oxygen atoms in total. The zero-order chi connectivity index (χ0) is 19.8. The molecule has 1 aromatic carbocycles. The number of benzene rings is 1. The van der Waals surface area contributed by atoms with E-state index in [4.69, 9.17) is 14.5 Å². The van der Waals surface area contributed by atoms with Crippen molar-refractivity contribution in [3.63, 3.8) is 0 Å². The van der Waals surface area contributed by atoms with Crippen LogP contribution in [-0.4, -0.2) is 80.4 Å². The molecule has 0 radical (unpaired) electrons. The average Bonchev–Trinajstić information content (AvgIpc) is 3.41. The quantitative estimate of drug-likeness (QED) is 0.519. The number of hydrogen-bond donors (Lipinski definition) is 1. The van der Waals surface area contributed by atoms with Gasteiger partial charge in [0.25, 0.3) is 5.89 Å². The molecule has 0 unspecified atom stereocenters. The number of para-hydroxylation sites is 1. The maximum absolute atomic E-state index is 9.06. The van der Waals surface area contributed by atoms with Crippen molar-refractivity contribution in [1.29, 1.82) is 0 Å². The molecule has 0 bridgehead atoms. The van der Waals surface area contributed by atoms with Gasteiger partial charge in [-0.05, 0) is 19.1 Å². The molecule has 1 aliphatic heterocycles. The Kier molecular flexibility index (Phi) is 5.04. The summed E-state index contributed by atoms with van der Waals surface area (Å²) in [5, 5.41) is 17.7. The van der Waals surface area contributed by atoms with Gasteiger partial charge in [-0.3, -0.25) is 9.30 Å². The highest BCUT2D eigenvalue weighted by atomic mass is 32.1. The number of thiazole rings is 1. The van der Waals surface area contributed by atoms with Crippen molar-refractivity contribution < 1.29 is 9.52 Å². The fourth-order valence-corrected chi connectivity index (χ4v) is 5.03. The van der Waals surface area contributed by atoms with E-state index in [1.807, 2.05) is 19.1 Å². The second kappa shape index (κ2) is 7.83. The molecule has 0 spiro atoms. The second-order valence-electron chi connectivity index (χ2n) is 7.39. The number of hydrogen-bond acceptors (Lipinski definition) is 8. The number of aromatic nitrogens is 4. The Morgan fingerprint density at radius 1 is 1.07 bits per heavy atom. The minimum atomic E-state index is 0.228. The number of nitrogens with zero attached hydrogens (tertiary/aromatic N) is 6. The third-order valence-electron chi connectivity index (χ3n) is 5.52. The highest BCUT2D eigenvalue weighted by molar-refractivity contribution is 7.23. The summed E-state index contributed by atoms with van der Waals surface area (Å²) >= 11 is 1.67. The molecule has 9 heteroatoms. The number of aliphatic hydroxyl groups is 1. The first-order chi connectivity index (χ1) is 14.2. The summed E-state index contributed by atoms with van der Waals surface area (Å²) in [5.41, 5.74) is 2.90. The number of aliphatic hydroxyl groups excluding tert-OH is 1. The summed E-state index contributed by atoms with van der Waals surface area (Å²) in [6.07, 6.45) is 0.735. The molecule has 1 aliphatic rings. The molecule has 152 valence electrons. The zero-order valence-electron chi connectivity index (χ0n) is 16.4. The third-order valence-corrected chi connectivity index (χ3v) is 6.54. The highest BCUT2D eigenvalue weighted by Crippen LogP contribution is 2.33. The molecule has 0 amide bonds. The van der Waals surface area contributed by atoms with E-state index in [2.05, 4.69) is 36.5 Å². The summed E-state index contributed by atoms with van der Waals surface area (Å²) in [5.74, 6) is 1.19. The number of piperazine rings is 1. The maximum Gasteiger partial charge on any atom is 0.266 e. The average molecular weight is 413 g/mol. The first kappa shape index (κ1) is 18.7. The van der Waals surface area contributed by atoms with E-state index in [1.54, 1.807) is 11.3 Å². The van der Waals surface area contributed by atoms with Gasteiger partial charge in [0.1, 0.15) is 5.69 Å². The van der Waals surface area contributed by atoms with Crippen molar-refractivity contribution in [1.82, 2.24) is 29.4 Å². The van der Waals surface area contributed by atoms with Gasteiger partial charge in [0.05, 0.1) is 22.5 Å². The first-order valence-electron chi connectivity index (χ1n) is 9.98. The topological polar surface area (TPSA) is 82.9 Å². The Hall–Kier alpha value is -2.33. The van der Waals surface area contributed by atoms with Crippen molar-refractivity contribution in [3.8, 4) is 11.6 Å². The molecule has 4 heterocycles. The van der Waals surface area contributed by atoms with E-state index in [9.17, 15) is 0 Å². The molecule has 1 N–H and O–H groups in total. The van der Waals surface area contributed by atoms with Crippen molar-refractivity contribution in [3.05, 3.63) is 35.9 Å². The Bertz CT molecular complexity index is 1120. The molecular formula is C20H24N6O2S. The van der Waals surface area contributed by atoms with Gasteiger partial charge in [-0.15, -0.1) is 10.2 Å². The van der Waals surface area contributed by atoms with Crippen LogP contribution in [0.1, 0.15) is 11.6 Å². The number of fused-ring (bicyclic) bond motifs is 3. The van der Waals surface area contributed by atoms with Crippen LogP contribution in [-0.2, 0) is 6.42 Å². The molecule has 5 rings (SSSR count). The number of rotatable bonds is 6. The van der Waals surface area contributed by atoms with E-state index in [0.717, 1.165) is 67.6 Å². The molecule has 29 heavy (non-hydrogen) atoms. The zero-order valence-corrected chi connectivity index (χ0v) is 17.2. The van der Waals surface area contributed by atoms with Gasteiger partial charge < -0.3 is 14.4 Å². The molecule has 1 saturated heterocycles. The summed E-state index contributed by atoms with van der Waals surface area (Å²) < 4.78 is 9.35. The maximum atomic E-state index is 9.06. The van der Waals surface area contributed by atoms with Gasteiger partial charge >= 0.3 is 0 Å². The molecule has 3 aromatic heterocycles. The SMILES string of the molecule is Cc1nc2sc3ccccc3n2c1-c1nnc(CCN2CCN(CCO)CC2)o1. The summed E-state index contributed by atoms with van der Waals surface area (Å²) in [4.78, 5) is 10.3. The van der Waals surface area contributed by atoms with E-state index < -0.39 is 0 Å². The minimum absolute atomic E-state index is 0.228. The number of imidazole rings is 1. The molecular weight excluding hydrogens is 388 g/mol. The summed E-state index contributed by atoms with van der Waals surface area (Å²) in [6.45, 7) is 7.87. The summed E-state index contributed by atoms with van der Waals surface area (Å²) in [7, 11) is 0. The molecule has 0 aliphatic carbocycles. The Balaban J connectivity index is 1.32. The molecule has 0 atom stereocenters.